The molecule has 1 aromatic heterocycles. The van der Waals surface area contributed by atoms with Crippen LogP contribution in [0.2, 0.25) is 0 Å². The van der Waals surface area contributed by atoms with E-state index >= 15 is 0 Å². The first-order chi connectivity index (χ1) is 7.33. The fourth-order valence-electron chi connectivity index (χ4n) is 1.02. The van der Waals surface area contributed by atoms with Crippen LogP contribution in [0.1, 0.15) is 25.3 Å². The fourth-order valence-corrected chi connectivity index (χ4v) is 1.02. The molecule has 1 aromatic rings. The minimum Gasteiger partial charge on any atom is -0.418 e. The van der Waals surface area contributed by atoms with Crippen molar-refractivity contribution in [2.45, 2.75) is 33.2 Å². The van der Waals surface area contributed by atoms with Crippen LogP contribution in [0.3, 0.4) is 0 Å². The molecule has 0 atom stereocenters. The number of halogens is 4. The van der Waals surface area contributed by atoms with E-state index in [1.165, 1.54) is 18.4 Å². The topological polar surface area (TPSA) is 3.88 Å². The summed E-state index contributed by atoms with van der Waals surface area (Å²) in [5, 5.41) is 0. The first-order valence-corrected chi connectivity index (χ1v) is 5.16. The zero-order valence-electron chi connectivity index (χ0n) is 9.78. The Kier molecular flexibility index (Phi) is 10.7. The minimum atomic E-state index is -6.00. The zero-order chi connectivity index (χ0) is 12.6. The molecule has 102 valence electrons. The summed E-state index contributed by atoms with van der Waals surface area (Å²) in [5.41, 5.74) is 1.33. The predicted molar refractivity (Wildman–Crippen MR) is 56.5 cm³/mol. The average molecular weight is 343 g/mol. The Morgan fingerprint density at radius 2 is 1.53 bits per heavy atom. The predicted octanol–water partition coefficient (Wildman–Crippen LogP) is 3.38. The molecule has 0 fully saturated rings. The van der Waals surface area contributed by atoms with Crippen LogP contribution in [0, 0.1) is 6.92 Å². The third-order valence-corrected chi connectivity index (χ3v) is 1.83. The molecular weight excluding hydrogens is 327 g/mol. The Hall–Kier alpha value is -0.403. The maximum absolute atomic E-state index is 9.75. The van der Waals surface area contributed by atoms with E-state index < -0.39 is 7.25 Å². The number of rotatable bonds is 3. The molecule has 0 unspecified atom stereocenters. The van der Waals surface area contributed by atoms with Gasteiger partial charge < -0.3 is 17.3 Å². The number of pyridine rings is 1. The fraction of sp³-hybridized carbons (Fsp3) is 0.500. The molecule has 0 aromatic carbocycles. The van der Waals surface area contributed by atoms with Crippen LogP contribution in [0.5, 0.6) is 0 Å². The zero-order valence-corrected chi connectivity index (χ0v) is 11.3. The Balaban J connectivity index is 0. The Bertz CT molecular complexity index is 283. The van der Waals surface area contributed by atoms with Crippen LogP contribution in [-0.2, 0) is 27.0 Å². The van der Waals surface area contributed by atoms with E-state index in [-0.39, 0.29) is 20.4 Å². The molecule has 0 amide bonds. The average Bonchev–Trinajstić information content (AvgIpc) is 2.14. The molecule has 1 rings (SSSR count). The number of unbranched alkanes of at least 4 members (excludes halogenated alkanes) is 1. The van der Waals surface area contributed by atoms with E-state index in [0.717, 1.165) is 6.54 Å². The summed E-state index contributed by atoms with van der Waals surface area (Å²) in [6.07, 6.45) is 6.82. The molecule has 0 aliphatic heterocycles. The van der Waals surface area contributed by atoms with Gasteiger partial charge in [0.05, 0.1) is 0 Å². The molecule has 0 aliphatic carbocycles. The summed E-state index contributed by atoms with van der Waals surface area (Å²) in [4.78, 5) is 0. The number of aromatic nitrogens is 1. The van der Waals surface area contributed by atoms with Crippen molar-refractivity contribution in [3.05, 3.63) is 30.1 Å². The molecule has 0 N–H and O–H groups in total. The van der Waals surface area contributed by atoms with Crippen molar-refractivity contribution in [3.8, 4) is 0 Å². The molecule has 0 spiro atoms. The Morgan fingerprint density at radius 1 is 1.12 bits per heavy atom. The first kappa shape index (κ1) is 18.9. The number of aryl methyl sites for hydroxylation is 2. The summed E-state index contributed by atoms with van der Waals surface area (Å²) < 4.78 is 41.2. The third-order valence-electron chi connectivity index (χ3n) is 1.83. The molecule has 0 bridgehead atoms. The van der Waals surface area contributed by atoms with E-state index in [4.69, 9.17) is 0 Å². The van der Waals surface area contributed by atoms with Gasteiger partial charge in [0.2, 0.25) is 0 Å². The summed E-state index contributed by atoms with van der Waals surface area (Å²) in [7, 11) is -6.00. The molecule has 0 radical (unpaired) electrons. The standard InChI is InChI=1S/C10H16N.BF4.Pd/c1-3-4-7-11-8-5-10(2)6-9-11;2-1(3,4)5;/h5-6,8-9H,3-4,7H2,1-2H3;;/q+1;-1;. The third kappa shape index (κ3) is 15.6. The van der Waals surface area contributed by atoms with Crippen molar-refractivity contribution >= 4 is 7.25 Å². The molecule has 7 heteroatoms. The maximum Gasteiger partial charge on any atom is 0.673 e. The Labute approximate surface area is 113 Å². The molecule has 0 aliphatic rings. The van der Waals surface area contributed by atoms with Crippen molar-refractivity contribution in [3.63, 3.8) is 0 Å². The van der Waals surface area contributed by atoms with Crippen LogP contribution >= 0.6 is 0 Å². The SMILES string of the molecule is CCCC[n+]1ccc(C)cc1.F[B-](F)(F)F.[Pd]. The summed E-state index contributed by atoms with van der Waals surface area (Å²) in [6, 6.07) is 4.30. The van der Waals surface area contributed by atoms with E-state index in [9.17, 15) is 17.3 Å². The molecule has 17 heavy (non-hydrogen) atoms. The summed E-state index contributed by atoms with van der Waals surface area (Å²) in [6.45, 7) is 5.48. The largest absolute Gasteiger partial charge is 0.673 e. The van der Waals surface area contributed by atoms with Crippen LogP contribution in [0.25, 0.3) is 0 Å². The van der Waals surface area contributed by atoms with Gasteiger partial charge in [-0.3, -0.25) is 0 Å². The van der Waals surface area contributed by atoms with Gasteiger partial charge in [-0.2, -0.15) is 0 Å². The van der Waals surface area contributed by atoms with E-state index in [1.54, 1.807) is 0 Å². The van der Waals surface area contributed by atoms with Crippen LogP contribution in [0.4, 0.5) is 17.3 Å². The van der Waals surface area contributed by atoms with Gasteiger partial charge in [-0.1, -0.05) is 13.3 Å². The molecule has 0 saturated carbocycles. The quantitative estimate of drug-likeness (QED) is 0.450. The summed E-state index contributed by atoms with van der Waals surface area (Å²) in [5.74, 6) is 0. The van der Waals surface area contributed by atoms with Gasteiger partial charge in [0.1, 0.15) is 6.54 Å². The van der Waals surface area contributed by atoms with Crippen molar-refractivity contribution in [2.75, 3.05) is 0 Å². The van der Waals surface area contributed by atoms with Gasteiger partial charge in [-0.25, -0.2) is 4.57 Å². The maximum atomic E-state index is 9.75. The van der Waals surface area contributed by atoms with Crippen molar-refractivity contribution in [1.82, 2.24) is 0 Å². The van der Waals surface area contributed by atoms with Crippen LogP contribution < -0.4 is 4.57 Å². The Morgan fingerprint density at radius 3 is 1.88 bits per heavy atom. The smallest absolute Gasteiger partial charge is 0.418 e. The van der Waals surface area contributed by atoms with Crippen molar-refractivity contribution in [1.29, 1.82) is 0 Å². The second-order valence-electron chi connectivity index (χ2n) is 3.46. The van der Waals surface area contributed by atoms with Crippen LogP contribution in [-0.4, -0.2) is 7.25 Å². The van der Waals surface area contributed by atoms with E-state index in [0.29, 0.717) is 0 Å². The monoisotopic (exact) mass is 343 g/mol. The normalized spacial score (nSPS) is 10.0. The molecule has 1 heterocycles. The van der Waals surface area contributed by atoms with Gasteiger partial charge in [0.15, 0.2) is 12.4 Å². The van der Waals surface area contributed by atoms with Gasteiger partial charge in [-0.15, -0.1) is 0 Å². The van der Waals surface area contributed by atoms with Crippen molar-refractivity contribution < 1.29 is 42.3 Å². The number of nitrogens with zero attached hydrogens (tertiary/aromatic N) is 1. The second-order valence-corrected chi connectivity index (χ2v) is 3.46. The van der Waals surface area contributed by atoms with E-state index in [2.05, 4.69) is 42.9 Å². The molecular formula is C10H16BF4NPd. The van der Waals surface area contributed by atoms with Crippen molar-refractivity contribution in [2.24, 2.45) is 0 Å². The van der Waals surface area contributed by atoms with Gasteiger partial charge >= 0.3 is 7.25 Å². The molecule has 1 nitrogen and oxygen atoms in total. The van der Waals surface area contributed by atoms with Gasteiger partial charge in [-0.05, 0) is 12.5 Å². The minimum absolute atomic E-state index is 0. The van der Waals surface area contributed by atoms with Gasteiger partial charge in [0.25, 0.3) is 0 Å². The second kappa shape index (κ2) is 9.61. The van der Waals surface area contributed by atoms with E-state index in [1.807, 2.05) is 0 Å². The van der Waals surface area contributed by atoms with Gasteiger partial charge in [0, 0.05) is 39.0 Å². The molecule has 0 saturated heterocycles. The number of hydrogen-bond acceptors (Lipinski definition) is 0. The number of hydrogen-bond donors (Lipinski definition) is 0. The first-order valence-electron chi connectivity index (χ1n) is 5.16. The van der Waals surface area contributed by atoms with Crippen LogP contribution in [0.15, 0.2) is 24.5 Å². The summed E-state index contributed by atoms with van der Waals surface area (Å²) >= 11 is 0.